The van der Waals surface area contributed by atoms with Gasteiger partial charge in [-0.25, -0.2) is 0 Å². The van der Waals surface area contributed by atoms with E-state index >= 15 is 0 Å². The third kappa shape index (κ3) is 3.28. The van der Waals surface area contributed by atoms with Crippen LogP contribution in [0.5, 0.6) is 0 Å². The second-order valence-corrected chi connectivity index (χ2v) is 8.00. The molecule has 1 fully saturated rings. The molecule has 4 nitrogen and oxygen atoms in total. The van der Waals surface area contributed by atoms with Crippen molar-refractivity contribution in [1.29, 1.82) is 0 Å². The Bertz CT molecular complexity index is 956. The zero-order chi connectivity index (χ0) is 18.2. The fourth-order valence-corrected chi connectivity index (χ4v) is 4.65. The molecule has 0 bridgehead atoms. The second kappa shape index (κ2) is 7.10. The smallest absolute Gasteiger partial charge is 0.0471 e. The maximum absolute atomic E-state index is 6.09. The minimum absolute atomic E-state index is 0.787. The zero-order valence-electron chi connectivity index (χ0n) is 15.5. The number of nitrogens with zero attached hydrogens (tertiary/aromatic N) is 2. The highest BCUT2D eigenvalue weighted by Gasteiger charge is 2.22. The molecule has 0 atom stereocenters. The van der Waals surface area contributed by atoms with E-state index in [1.54, 1.807) is 0 Å². The summed E-state index contributed by atoms with van der Waals surface area (Å²) >= 11 is 6.09. The molecule has 1 saturated heterocycles. The SMILES string of the molecule is Clc1ccc2c(CCN3CCN(c4cccc5c4CCN5)CC3)c[nH]c2c1. The average Bonchev–Trinajstić information content (AvgIpc) is 3.33. The molecule has 2 aromatic carbocycles. The number of aromatic nitrogens is 1. The van der Waals surface area contributed by atoms with Crippen molar-refractivity contribution in [3.05, 3.63) is 58.7 Å². The predicted molar refractivity (Wildman–Crippen MR) is 114 cm³/mol. The Hall–Kier alpha value is -2.17. The van der Waals surface area contributed by atoms with E-state index in [9.17, 15) is 0 Å². The first-order valence-electron chi connectivity index (χ1n) is 9.86. The zero-order valence-corrected chi connectivity index (χ0v) is 16.2. The van der Waals surface area contributed by atoms with Crippen molar-refractivity contribution in [3.63, 3.8) is 0 Å². The lowest BCUT2D eigenvalue weighted by Crippen LogP contribution is -2.47. The van der Waals surface area contributed by atoms with E-state index in [0.29, 0.717) is 0 Å². The molecule has 3 heterocycles. The van der Waals surface area contributed by atoms with Gasteiger partial charge in [-0.15, -0.1) is 0 Å². The van der Waals surface area contributed by atoms with Gasteiger partial charge in [-0.05, 0) is 42.7 Å². The number of rotatable bonds is 4. The molecule has 0 spiro atoms. The summed E-state index contributed by atoms with van der Waals surface area (Å²) in [5, 5.41) is 5.58. The van der Waals surface area contributed by atoms with Crippen LogP contribution in [0, 0.1) is 0 Å². The van der Waals surface area contributed by atoms with Crippen LogP contribution in [0.1, 0.15) is 11.1 Å². The third-order valence-corrected chi connectivity index (χ3v) is 6.22. The van der Waals surface area contributed by atoms with Gasteiger partial charge in [0.2, 0.25) is 0 Å². The largest absolute Gasteiger partial charge is 0.384 e. The number of halogens is 1. The number of benzene rings is 2. The fourth-order valence-electron chi connectivity index (χ4n) is 4.48. The Morgan fingerprint density at radius 1 is 1.04 bits per heavy atom. The topological polar surface area (TPSA) is 34.3 Å². The lowest BCUT2D eigenvalue weighted by molar-refractivity contribution is 0.261. The van der Waals surface area contributed by atoms with Crippen molar-refractivity contribution in [1.82, 2.24) is 9.88 Å². The molecule has 5 heteroatoms. The van der Waals surface area contributed by atoms with E-state index in [1.807, 2.05) is 12.1 Å². The number of anilines is 2. The first-order chi connectivity index (χ1) is 13.3. The molecule has 0 unspecified atom stereocenters. The minimum atomic E-state index is 0.787. The van der Waals surface area contributed by atoms with Gasteiger partial charge in [0, 0.05) is 78.3 Å². The maximum atomic E-state index is 6.09. The first kappa shape index (κ1) is 17.0. The molecular weight excluding hydrogens is 356 g/mol. The molecule has 1 aromatic heterocycles. The summed E-state index contributed by atoms with van der Waals surface area (Å²) in [6.07, 6.45) is 4.36. The van der Waals surface area contributed by atoms with Gasteiger partial charge in [0.1, 0.15) is 0 Å². The molecule has 27 heavy (non-hydrogen) atoms. The minimum Gasteiger partial charge on any atom is -0.384 e. The second-order valence-electron chi connectivity index (χ2n) is 7.56. The Morgan fingerprint density at radius 3 is 2.81 bits per heavy atom. The van der Waals surface area contributed by atoms with Crippen LogP contribution in [-0.2, 0) is 12.8 Å². The number of fused-ring (bicyclic) bond motifs is 2. The molecule has 140 valence electrons. The van der Waals surface area contributed by atoms with Gasteiger partial charge in [-0.1, -0.05) is 23.7 Å². The molecule has 2 N–H and O–H groups in total. The lowest BCUT2D eigenvalue weighted by Gasteiger charge is -2.37. The van der Waals surface area contributed by atoms with E-state index in [2.05, 4.69) is 50.6 Å². The normalized spacial score (nSPS) is 17.3. The van der Waals surface area contributed by atoms with Crippen molar-refractivity contribution < 1.29 is 0 Å². The van der Waals surface area contributed by atoms with E-state index in [4.69, 9.17) is 11.6 Å². The molecule has 0 amide bonds. The molecule has 0 aliphatic carbocycles. The van der Waals surface area contributed by atoms with Crippen molar-refractivity contribution in [2.45, 2.75) is 12.8 Å². The van der Waals surface area contributed by atoms with Gasteiger partial charge >= 0.3 is 0 Å². The molecule has 5 rings (SSSR count). The number of nitrogens with one attached hydrogen (secondary N) is 2. The van der Waals surface area contributed by atoms with Crippen molar-refractivity contribution >= 4 is 33.9 Å². The number of hydrogen-bond donors (Lipinski definition) is 2. The van der Waals surface area contributed by atoms with E-state index in [1.165, 1.54) is 27.9 Å². The summed E-state index contributed by atoms with van der Waals surface area (Å²) in [6, 6.07) is 12.8. The van der Waals surface area contributed by atoms with Crippen LogP contribution in [0.25, 0.3) is 10.9 Å². The maximum Gasteiger partial charge on any atom is 0.0471 e. The molecule has 0 radical (unpaired) electrons. The summed E-state index contributed by atoms with van der Waals surface area (Å²) in [5.41, 5.74) is 6.79. The van der Waals surface area contributed by atoms with E-state index < -0.39 is 0 Å². The van der Waals surface area contributed by atoms with Gasteiger partial charge in [-0.3, -0.25) is 4.90 Å². The molecule has 2 aliphatic heterocycles. The Labute approximate surface area is 165 Å². The Kier molecular flexibility index (Phi) is 4.46. The Morgan fingerprint density at radius 2 is 1.93 bits per heavy atom. The van der Waals surface area contributed by atoms with Crippen LogP contribution in [0.15, 0.2) is 42.6 Å². The summed E-state index contributed by atoms with van der Waals surface area (Å²) < 4.78 is 0. The van der Waals surface area contributed by atoms with Crippen molar-refractivity contribution in [3.8, 4) is 0 Å². The van der Waals surface area contributed by atoms with Gasteiger partial charge in [0.25, 0.3) is 0 Å². The van der Waals surface area contributed by atoms with Crippen LogP contribution < -0.4 is 10.2 Å². The van der Waals surface area contributed by atoms with E-state index in [-0.39, 0.29) is 0 Å². The third-order valence-electron chi connectivity index (χ3n) is 5.98. The van der Waals surface area contributed by atoms with Gasteiger partial charge in [0.05, 0.1) is 0 Å². The monoisotopic (exact) mass is 380 g/mol. The highest BCUT2D eigenvalue weighted by Crippen LogP contribution is 2.32. The average molecular weight is 381 g/mol. The van der Waals surface area contributed by atoms with Gasteiger partial charge in [-0.2, -0.15) is 0 Å². The highest BCUT2D eigenvalue weighted by atomic mass is 35.5. The number of piperazine rings is 1. The number of aromatic amines is 1. The van der Waals surface area contributed by atoms with Crippen LogP contribution in [0.4, 0.5) is 11.4 Å². The summed E-state index contributed by atoms with van der Waals surface area (Å²) in [4.78, 5) is 8.51. The van der Waals surface area contributed by atoms with Crippen LogP contribution in [0.3, 0.4) is 0 Å². The van der Waals surface area contributed by atoms with Crippen LogP contribution in [-0.4, -0.2) is 49.2 Å². The van der Waals surface area contributed by atoms with Crippen molar-refractivity contribution in [2.24, 2.45) is 0 Å². The highest BCUT2D eigenvalue weighted by molar-refractivity contribution is 6.31. The first-order valence-corrected chi connectivity index (χ1v) is 10.2. The van der Waals surface area contributed by atoms with Gasteiger partial charge in [0.15, 0.2) is 0 Å². The van der Waals surface area contributed by atoms with Crippen LogP contribution in [0.2, 0.25) is 5.02 Å². The number of H-pyrrole nitrogens is 1. The summed E-state index contributed by atoms with van der Waals surface area (Å²) in [6.45, 7) is 6.66. The standard InChI is InChI=1S/C22H25ClN4/c23-17-4-5-18-16(15-25-21(18)14-17)7-9-26-10-12-27(13-11-26)22-3-1-2-20-19(22)6-8-24-20/h1-5,14-15,24-25H,6-13H2. The molecule has 2 aliphatic rings. The lowest BCUT2D eigenvalue weighted by atomic mass is 10.1. The molecule has 3 aromatic rings. The summed E-state index contributed by atoms with van der Waals surface area (Å²) in [5.74, 6) is 0. The molecular formula is C22H25ClN4. The predicted octanol–water partition coefficient (Wildman–Crippen LogP) is 4.15. The van der Waals surface area contributed by atoms with E-state index in [0.717, 1.165) is 62.6 Å². The summed E-state index contributed by atoms with van der Waals surface area (Å²) in [7, 11) is 0. The van der Waals surface area contributed by atoms with Crippen molar-refractivity contribution in [2.75, 3.05) is 49.5 Å². The Balaban J connectivity index is 1.21. The fraction of sp³-hybridized carbons (Fsp3) is 0.364. The molecule has 0 saturated carbocycles. The van der Waals surface area contributed by atoms with Crippen LogP contribution >= 0.6 is 11.6 Å². The van der Waals surface area contributed by atoms with Gasteiger partial charge < -0.3 is 15.2 Å². The quantitative estimate of drug-likeness (QED) is 0.713. The number of hydrogen-bond acceptors (Lipinski definition) is 3.